The lowest BCUT2D eigenvalue weighted by molar-refractivity contribution is -0.0169. The van der Waals surface area contributed by atoms with Crippen LogP contribution in [0.15, 0.2) is 29.2 Å². The molecule has 3 heterocycles. The summed E-state index contributed by atoms with van der Waals surface area (Å²) in [7, 11) is -4.11. The number of carbonyl (C=O) groups excluding carboxylic acids is 1. The van der Waals surface area contributed by atoms with Gasteiger partial charge in [-0.1, -0.05) is 6.08 Å². The van der Waals surface area contributed by atoms with Crippen LogP contribution in [0.25, 0.3) is 6.08 Å². The van der Waals surface area contributed by atoms with Gasteiger partial charge in [0, 0.05) is 35.9 Å². The molecule has 36 heavy (non-hydrogen) atoms. The molecule has 3 atom stereocenters. The number of benzene rings is 1. The molecule has 2 aliphatic heterocycles. The number of hydrogen-bond donors (Lipinski definition) is 3. The van der Waals surface area contributed by atoms with Gasteiger partial charge >= 0.3 is 0 Å². The number of rotatable bonds is 7. The molecular formula is C25H31F2N3O5S. The van der Waals surface area contributed by atoms with E-state index in [1.807, 2.05) is 6.08 Å². The van der Waals surface area contributed by atoms with Gasteiger partial charge in [0.25, 0.3) is 5.91 Å². The highest BCUT2D eigenvalue weighted by atomic mass is 32.2. The summed E-state index contributed by atoms with van der Waals surface area (Å²) in [5.41, 5.74) is -0.635. The number of carbonyl (C=O) groups is 1. The number of allylic oxidation sites excluding steroid dienone is 1. The fraction of sp³-hybridized carbons (Fsp3) is 0.480. The Labute approximate surface area is 209 Å². The Hall–Kier alpha value is -2.60. The summed E-state index contributed by atoms with van der Waals surface area (Å²) in [6.45, 7) is 4.71. The molecule has 0 radical (unpaired) electrons. The van der Waals surface area contributed by atoms with Crippen LogP contribution < -0.4 is 5.32 Å². The van der Waals surface area contributed by atoms with Gasteiger partial charge in [0.15, 0.2) is 11.6 Å². The van der Waals surface area contributed by atoms with Gasteiger partial charge in [-0.25, -0.2) is 17.2 Å². The van der Waals surface area contributed by atoms with Crippen LogP contribution in [-0.2, 0) is 16.6 Å². The van der Waals surface area contributed by atoms with Gasteiger partial charge in [-0.2, -0.15) is 4.31 Å². The molecule has 1 aromatic carbocycles. The van der Waals surface area contributed by atoms with Crippen LogP contribution in [0.2, 0.25) is 0 Å². The Kier molecular flexibility index (Phi) is 7.13. The third-order valence-electron chi connectivity index (χ3n) is 6.94. The van der Waals surface area contributed by atoms with Crippen molar-refractivity contribution < 1.29 is 32.2 Å². The minimum atomic E-state index is -4.11. The van der Waals surface area contributed by atoms with Crippen molar-refractivity contribution in [3.05, 3.63) is 52.9 Å². The zero-order chi connectivity index (χ0) is 26.4. The van der Waals surface area contributed by atoms with E-state index in [9.17, 15) is 32.2 Å². The van der Waals surface area contributed by atoms with Crippen LogP contribution >= 0.6 is 0 Å². The first-order valence-electron chi connectivity index (χ1n) is 11.9. The summed E-state index contributed by atoms with van der Waals surface area (Å²) in [6.07, 6.45) is 5.31. The fourth-order valence-electron chi connectivity index (χ4n) is 5.27. The predicted molar refractivity (Wildman–Crippen MR) is 131 cm³/mol. The molecule has 2 aliphatic rings. The van der Waals surface area contributed by atoms with E-state index < -0.39 is 45.8 Å². The average Bonchev–Trinajstić information content (AvgIpc) is 3.32. The van der Waals surface area contributed by atoms with Crippen LogP contribution in [0, 0.1) is 18.6 Å². The molecule has 1 fully saturated rings. The standard InChI is InChI=1S/C25H31F2N3O5S/c1-15-7-9-18(13-25(3,33)14-31)30(15)36(34,35)23-16(2)22(29-11-5-4-6-21(23)29)24(32)28-17-8-10-19(26)20(27)12-17/h4,6,8,10,12,15,18,31,33H,5,7,9,11,13-14H2,1-3H3,(H,28,32). The van der Waals surface area contributed by atoms with Crippen molar-refractivity contribution in [2.45, 2.75) is 75.6 Å². The smallest absolute Gasteiger partial charge is 0.272 e. The van der Waals surface area contributed by atoms with Gasteiger partial charge in [0.1, 0.15) is 10.6 Å². The Morgan fingerprint density at radius 3 is 2.64 bits per heavy atom. The summed E-state index contributed by atoms with van der Waals surface area (Å²) in [5.74, 6) is -2.79. The van der Waals surface area contributed by atoms with Crippen LogP contribution in [0.4, 0.5) is 14.5 Å². The highest BCUT2D eigenvalue weighted by Crippen LogP contribution is 2.39. The van der Waals surface area contributed by atoms with Crippen molar-refractivity contribution in [1.82, 2.24) is 8.87 Å². The van der Waals surface area contributed by atoms with E-state index >= 15 is 0 Å². The topological polar surface area (TPSA) is 112 Å². The van der Waals surface area contributed by atoms with Crippen molar-refractivity contribution in [2.24, 2.45) is 0 Å². The predicted octanol–water partition coefficient (Wildman–Crippen LogP) is 3.42. The summed E-state index contributed by atoms with van der Waals surface area (Å²) >= 11 is 0. The van der Waals surface area contributed by atoms with Crippen molar-refractivity contribution in [3.63, 3.8) is 0 Å². The molecule has 1 saturated heterocycles. The molecule has 3 unspecified atom stereocenters. The Morgan fingerprint density at radius 2 is 1.97 bits per heavy atom. The first-order valence-corrected chi connectivity index (χ1v) is 13.3. The number of anilines is 1. The quantitative estimate of drug-likeness (QED) is 0.515. The zero-order valence-electron chi connectivity index (χ0n) is 20.5. The SMILES string of the molecule is Cc1c(S(=O)(=O)N2C(C)CCC2CC(C)(O)CO)c2n(c1C(=O)Nc1ccc(F)c(F)c1)CCC=C2. The number of nitrogens with zero attached hydrogens (tertiary/aromatic N) is 2. The monoisotopic (exact) mass is 523 g/mol. The van der Waals surface area contributed by atoms with Crippen LogP contribution in [0.1, 0.15) is 61.3 Å². The number of fused-ring (bicyclic) bond motifs is 1. The maximum atomic E-state index is 14.1. The Morgan fingerprint density at radius 1 is 1.25 bits per heavy atom. The number of hydrogen-bond acceptors (Lipinski definition) is 5. The number of halogens is 2. The maximum absolute atomic E-state index is 14.1. The average molecular weight is 524 g/mol. The molecule has 3 N–H and O–H groups in total. The largest absolute Gasteiger partial charge is 0.393 e. The van der Waals surface area contributed by atoms with Crippen molar-refractivity contribution in [2.75, 3.05) is 11.9 Å². The Balaban J connectivity index is 1.77. The minimum Gasteiger partial charge on any atom is -0.393 e. The third-order valence-corrected chi connectivity index (χ3v) is 9.18. The number of aliphatic hydroxyl groups excluding tert-OH is 1. The lowest BCUT2D eigenvalue weighted by atomic mass is 9.97. The van der Waals surface area contributed by atoms with E-state index in [1.165, 1.54) is 17.3 Å². The van der Waals surface area contributed by atoms with E-state index in [2.05, 4.69) is 5.32 Å². The first kappa shape index (κ1) is 26.5. The molecule has 11 heteroatoms. The van der Waals surface area contributed by atoms with Gasteiger partial charge in [-0.15, -0.1) is 0 Å². The molecule has 0 bridgehead atoms. The molecule has 0 aliphatic carbocycles. The highest BCUT2D eigenvalue weighted by molar-refractivity contribution is 7.89. The van der Waals surface area contributed by atoms with Crippen molar-refractivity contribution in [3.8, 4) is 0 Å². The second-order valence-corrected chi connectivity index (χ2v) is 11.7. The molecule has 0 spiro atoms. The molecule has 1 aromatic heterocycles. The normalized spacial score (nSPS) is 21.9. The molecule has 1 amide bonds. The van der Waals surface area contributed by atoms with Gasteiger partial charge in [-0.05, 0) is 64.7 Å². The molecular weight excluding hydrogens is 492 g/mol. The van der Waals surface area contributed by atoms with E-state index in [-0.39, 0.29) is 34.3 Å². The zero-order valence-corrected chi connectivity index (χ0v) is 21.3. The second-order valence-electron chi connectivity index (χ2n) is 9.89. The van der Waals surface area contributed by atoms with Gasteiger partial charge < -0.3 is 20.1 Å². The molecule has 2 aromatic rings. The number of aliphatic hydroxyl groups is 2. The highest BCUT2D eigenvalue weighted by Gasteiger charge is 2.45. The summed E-state index contributed by atoms with van der Waals surface area (Å²) in [6, 6.07) is 2.14. The van der Waals surface area contributed by atoms with E-state index in [0.29, 0.717) is 31.5 Å². The van der Waals surface area contributed by atoms with E-state index in [0.717, 1.165) is 12.1 Å². The summed E-state index contributed by atoms with van der Waals surface area (Å²) in [5, 5.41) is 22.5. The van der Waals surface area contributed by atoms with E-state index in [4.69, 9.17) is 0 Å². The summed E-state index contributed by atoms with van der Waals surface area (Å²) < 4.78 is 58.2. The lowest BCUT2D eigenvalue weighted by Crippen LogP contribution is -2.45. The Bertz CT molecular complexity index is 1320. The van der Waals surface area contributed by atoms with Crippen LogP contribution in [0.5, 0.6) is 0 Å². The number of amides is 1. The number of aromatic nitrogens is 1. The summed E-state index contributed by atoms with van der Waals surface area (Å²) in [4.78, 5) is 13.3. The molecule has 8 nitrogen and oxygen atoms in total. The van der Waals surface area contributed by atoms with Crippen molar-refractivity contribution in [1.29, 1.82) is 0 Å². The van der Waals surface area contributed by atoms with Crippen LogP contribution in [0.3, 0.4) is 0 Å². The van der Waals surface area contributed by atoms with Crippen molar-refractivity contribution >= 4 is 27.7 Å². The molecule has 196 valence electrons. The minimum absolute atomic E-state index is 0.0104. The molecule has 4 rings (SSSR count). The fourth-order valence-corrected chi connectivity index (χ4v) is 7.56. The van der Waals surface area contributed by atoms with Gasteiger partial charge in [0.2, 0.25) is 10.0 Å². The van der Waals surface area contributed by atoms with Crippen LogP contribution in [-0.4, -0.2) is 57.7 Å². The maximum Gasteiger partial charge on any atom is 0.272 e. The number of sulfonamides is 1. The third kappa shape index (κ3) is 4.72. The van der Waals surface area contributed by atoms with E-state index in [1.54, 1.807) is 24.5 Å². The number of nitrogens with one attached hydrogen (secondary N) is 1. The molecule has 0 saturated carbocycles. The van der Waals surface area contributed by atoms with Gasteiger partial charge in [-0.3, -0.25) is 4.79 Å². The lowest BCUT2D eigenvalue weighted by Gasteiger charge is -2.32. The van der Waals surface area contributed by atoms with Gasteiger partial charge in [0.05, 0.1) is 17.9 Å². The second kappa shape index (κ2) is 9.70. The first-order chi connectivity index (χ1) is 16.9.